The topological polar surface area (TPSA) is 66.4 Å². The van der Waals surface area contributed by atoms with Gasteiger partial charge in [-0.2, -0.15) is 0 Å². The predicted molar refractivity (Wildman–Crippen MR) is 102 cm³/mol. The largest absolute Gasteiger partial charge is 0.334 e. The number of rotatable bonds is 5. The zero-order valence-corrected chi connectivity index (χ0v) is 16.7. The van der Waals surface area contributed by atoms with Crippen LogP contribution in [-0.4, -0.2) is 33.6 Å². The normalized spacial score (nSPS) is 17.9. The van der Waals surface area contributed by atoms with Crippen molar-refractivity contribution < 1.29 is 14.0 Å². The Bertz CT molecular complexity index is 844. The van der Waals surface area contributed by atoms with Crippen LogP contribution in [0.1, 0.15) is 57.1 Å². The molecule has 1 aliphatic rings. The zero-order valence-electron chi connectivity index (χ0n) is 15.9. The molecule has 3 amide bonds. The van der Waals surface area contributed by atoms with Crippen LogP contribution >= 0.6 is 11.3 Å². The first kappa shape index (κ1) is 19.4. The molecular weight excluding hydrogens is 367 g/mol. The molecule has 1 atom stereocenters. The van der Waals surface area contributed by atoms with Gasteiger partial charge in [0, 0.05) is 12.0 Å². The summed E-state index contributed by atoms with van der Waals surface area (Å²) in [5.74, 6) is -0.759. The van der Waals surface area contributed by atoms with Gasteiger partial charge < -0.3 is 4.90 Å². The lowest BCUT2D eigenvalue weighted by atomic mass is 9.98. The molecular formula is C19H23FN4O2S. The standard InChI is InChI=1S/C19H23FN4O2S/c1-5-6-11-23-14(12-7-9-13(20)10-8-12)15(25)24(18(23)26)17-22-21-16(27-17)19(2,3)4/h7-10,14H,5-6,11H2,1-4H3/t14-/m0/s1. The second kappa shape index (κ2) is 7.34. The number of carbonyl (C=O) groups excluding carboxylic acids is 2. The third kappa shape index (κ3) is 3.71. The lowest BCUT2D eigenvalue weighted by Crippen LogP contribution is -2.33. The van der Waals surface area contributed by atoms with E-state index in [1.54, 1.807) is 12.1 Å². The van der Waals surface area contributed by atoms with Crippen LogP contribution in [0.4, 0.5) is 14.3 Å². The molecule has 0 spiro atoms. The van der Waals surface area contributed by atoms with Crippen molar-refractivity contribution in [3.05, 3.63) is 40.7 Å². The lowest BCUT2D eigenvalue weighted by molar-refractivity contribution is -0.119. The van der Waals surface area contributed by atoms with Crippen molar-refractivity contribution in [2.45, 2.75) is 52.0 Å². The number of hydrogen-bond donors (Lipinski definition) is 0. The summed E-state index contributed by atoms with van der Waals surface area (Å²) in [6.45, 7) is 8.47. The van der Waals surface area contributed by atoms with E-state index in [0.717, 1.165) is 22.7 Å². The number of unbranched alkanes of at least 4 members (excludes halogenated alkanes) is 1. The maximum Gasteiger partial charge on any atom is 0.334 e. The first-order chi connectivity index (χ1) is 12.7. The predicted octanol–water partition coefficient (Wildman–Crippen LogP) is 4.28. The maximum atomic E-state index is 13.3. The van der Waals surface area contributed by atoms with Crippen LogP contribution in [0.5, 0.6) is 0 Å². The highest BCUT2D eigenvalue weighted by molar-refractivity contribution is 7.15. The van der Waals surface area contributed by atoms with E-state index in [1.807, 2.05) is 27.7 Å². The highest BCUT2D eigenvalue weighted by Gasteiger charge is 2.48. The molecule has 8 heteroatoms. The van der Waals surface area contributed by atoms with Gasteiger partial charge in [-0.25, -0.2) is 14.1 Å². The summed E-state index contributed by atoms with van der Waals surface area (Å²) >= 11 is 1.25. The third-order valence-corrected chi connectivity index (χ3v) is 5.72. The summed E-state index contributed by atoms with van der Waals surface area (Å²) in [6, 6.07) is 4.53. The number of urea groups is 1. The van der Waals surface area contributed by atoms with Gasteiger partial charge >= 0.3 is 6.03 Å². The summed E-state index contributed by atoms with van der Waals surface area (Å²) in [4.78, 5) is 28.8. The summed E-state index contributed by atoms with van der Waals surface area (Å²) < 4.78 is 13.3. The zero-order chi connectivity index (χ0) is 19.8. The van der Waals surface area contributed by atoms with Crippen LogP contribution in [0.2, 0.25) is 0 Å². The van der Waals surface area contributed by atoms with Gasteiger partial charge in [0.15, 0.2) is 0 Å². The summed E-state index contributed by atoms with van der Waals surface area (Å²) in [6.07, 6.45) is 1.66. The minimum absolute atomic E-state index is 0.222. The van der Waals surface area contributed by atoms with Crippen LogP contribution in [0.25, 0.3) is 0 Å². The molecule has 0 aliphatic carbocycles. The molecule has 27 heavy (non-hydrogen) atoms. The molecule has 0 N–H and O–H groups in total. The summed E-state index contributed by atoms with van der Waals surface area (Å²) in [5.41, 5.74) is 0.369. The second-order valence-electron chi connectivity index (χ2n) is 7.60. The van der Waals surface area contributed by atoms with Crippen molar-refractivity contribution in [1.82, 2.24) is 15.1 Å². The third-order valence-electron chi connectivity index (χ3n) is 4.39. The van der Waals surface area contributed by atoms with E-state index >= 15 is 0 Å². The number of imide groups is 1. The van der Waals surface area contributed by atoms with E-state index in [-0.39, 0.29) is 22.3 Å². The van der Waals surface area contributed by atoms with Gasteiger partial charge in [0.2, 0.25) is 5.13 Å². The molecule has 0 bridgehead atoms. The molecule has 0 unspecified atom stereocenters. The van der Waals surface area contributed by atoms with Crippen molar-refractivity contribution in [3.63, 3.8) is 0 Å². The fourth-order valence-electron chi connectivity index (χ4n) is 2.89. The van der Waals surface area contributed by atoms with E-state index in [2.05, 4.69) is 10.2 Å². The molecule has 144 valence electrons. The molecule has 0 saturated carbocycles. The summed E-state index contributed by atoms with van der Waals surface area (Å²) in [7, 11) is 0. The summed E-state index contributed by atoms with van der Waals surface area (Å²) in [5, 5.41) is 9.27. The van der Waals surface area contributed by atoms with Gasteiger partial charge in [0.05, 0.1) is 0 Å². The minimum atomic E-state index is -0.772. The fourth-order valence-corrected chi connectivity index (χ4v) is 3.80. The van der Waals surface area contributed by atoms with Crippen molar-refractivity contribution in [3.8, 4) is 0 Å². The number of benzene rings is 1. The number of amides is 3. The molecule has 2 aromatic rings. The first-order valence-electron chi connectivity index (χ1n) is 8.98. The quantitative estimate of drug-likeness (QED) is 0.715. The molecule has 2 heterocycles. The van der Waals surface area contributed by atoms with Crippen LogP contribution < -0.4 is 4.90 Å². The van der Waals surface area contributed by atoms with Gasteiger partial charge in [-0.05, 0) is 24.1 Å². The average Bonchev–Trinajstić information content (AvgIpc) is 3.17. The Morgan fingerprint density at radius 3 is 2.37 bits per heavy atom. The number of hydrogen-bond acceptors (Lipinski definition) is 5. The molecule has 1 aromatic carbocycles. The van der Waals surface area contributed by atoms with Gasteiger partial charge in [0.25, 0.3) is 5.91 Å². The van der Waals surface area contributed by atoms with Crippen molar-refractivity contribution in [1.29, 1.82) is 0 Å². The van der Waals surface area contributed by atoms with Gasteiger partial charge in [-0.3, -0.25) is 4.79 Å². The fraction of sp³-hybridized carbons (Fsp3) is 0.474. The van der Waals surface area contributed by atoms with Gasteiger partial charge in [0.1, 0.15) is 16.9 Å². The molecule has 3 rings (SSSR count). The van der Waals surface area contributed by atoms with E-state index in [9.17, 15) is 14.0 Å². The second-order valence-corrected chi connectivity index (χ2v) is 8.55. The van der Waals surface area contributed by atoms with Crippen LogP contribution in [0.3, 0.4) is 0 Å². The Morgan fingerprint density at radius 2 is 1.81 bits per heavy atom. The molecule has 1 aliphatic heterocycles. The molecule has 0 radical (unpaired) electrons. The Morgan fingerprint density at radius 1 is 1.15 bits per heavy atom. The minimum Gasteiger partial charge on any atom is -0.308 e. The monoisotopic (exact) mass is 390 g/mol. The van der Waals surface area contributed by atoms with Crippen molar-refractivity contribution >= 4 is 28.4 Å². The van der Waals surface area contributed by atoms with Gasteiger partial charge in [-0.15, -0.1) is 10.2 Å². The maximum absolute atomic E-state index is 13.3. The smallest absolute Gasteiger partial charge is 0.308 e. The van der Waals surface area contributed by atoms with Crippen LogP contribution in [-0.2, 0) is 10.2 Å². The van der Waals surface area contributed by atoms with Gasteiger partial charge in [-0.1, -0.05) is 57.6 Å². The highest BCUT2D eigenvalue weighted by atomic mass is 32.1. The number of halogens is 1. The van der Waals surface area contributed by atoms with Crippen LogP contribution in [0, 0.1) is 5.82 Å². The van der Waals surface area contributed by atoms with Crippen molar-refractivity contribution in [2.75, 3.05) is 11.4 Å². The van der Waals surface area contributed by atoms with E-state index < -0.39 is 12.1 Å². The van der Waals surface area contributed by atoms with E-state index in [1.165, 1.54) is 28.4 Å². The molecule has 1 aromatic heterocycles. The number of carbonyl (C=O) groups is 2. The molecule has 1 fully saturated rings. The lowest BCUT2D eigenvalue weighted by Gasteiger charge is -2.21. The molecule has 6 nitrogen and oxygen atoms in total. The Balaban J connectivity index is 1.98. The molecule has 1 saturated heterocycles. The number of nitrogens with zero attached hydrogens (tertiary/aromatic N) is 4. The number of aromatic nitrogens is 2. The van der Waals surface area contributed by atoms with E-state index in [0.29, 0.717) is 12.1 Å². The Kier molecular flexibility index (Phi) is 5.28. The van der Waals surface area contributed by atoms with Crippen LogP contribution in [0.15, 0.2) is 24.3 Å². The Labute approximate surface area is 162 Å². The first-order valence-corrected chi connectivity index (χ1v) is 9.79. The highest BCUT2D eigenvalue weighted by Crippen LogP contribution is 2.37. The van der Waals surface area contributed by atoms with Crippen molar-refractivity contribution in [2.24, 2.45) is 0 Å². The Hall–Kier alpha value is -2.35. The SMILES string of the molecule is CCCCN1C(=O)N(c2nnc(C(C)(C)C)s2)C(=O)[C@@H]1c1ccc(F)cc1. The number of anilines is 1. The van der Waals surface area contributed by atoms with E-state index in [4.69, 9.17) is 0 Å². The average molecular weight is 390 g/mol.